The van der Waals surface area contributed by atoms with Gasteiger partial charge in [0, 0.05) is 29.2 Å². The summed E-state index contributed by atoms with van der Waals surface area (Å²) in [7, 11) is 0. The number of rotatable bonds is 6. The van der Waals surface area contributed by atoms with Crippen molar-refractivity contribution in [2.45, 2.75) is 43.1 Å². The average molecular weight is 360 g/mol. The Morgan fingerprint density at radius 3 is 2.75 bits per heavy atom. The quantitative estimate of drug-likeness (QED) is 0.596. The van der Waals surface area contributed by atoms with E-state index in [1.165, 1.54) is 25.0 Å². The van der Waals surface area contributed by atoms with Crippen LogP contribution in [0.25, 0.3) is 10.6 Å². The van der Waals surface area contributed by atoms with Crippen LogP contribution in [0.5, 0.6) is 0 Å². The zero-order chi connectivity index (χ0) is 16.5. The Bertz CT molecular complexity index is 837. The molecule has 0 atom stereocenters. The highest BCUT2D eigenvalue weighted by Crippen LogP contribution is 2.40. The Morgan fingerprint density at radius 1 is 1.25 bits per heavy atom. The van der Waals surface area contributed by atoms with Gasteiger partial charge in [-0.05, 0) is 44.0 Å². The molecule has 4 rings (SSSR count). The number of nitrogens with zero attached hydrogens (tertiary/aromatic N) is 4. The van der Waals surface area contributed by atoms with Crippen molar-refractivity contribution >= 4 is 23.1 Å². The zero-order valence-corrected chi connectivity index (χ0v) is 14.9. The largest absolute Gasteiger partial charge is 0.306 e. The summed E-state index contributed by atoms with van der Waals surface area (Å²) >= 11 is 3.26. The molecule has 0 N–H and O–H groups in total. The van der Waals surface area contributed by atoms with E-state index in [1.807, 2.05) is 0 Å². The fraction of sp³-hybridized carbons (Fsp3) is 0.353. The van der Waals surface area contributed by atoms with Gasteiger partial charge < -0.3 is 4.57 Å². The number of hydrogen-bond donors (Lipinski definition) is 0. The third-order valence-electron chi connectivity index (χ3n) is 4.00. The maximum Gasteiger partial charge on any atom is 0.191 e. The topological polar surface area (TPSA) is 43.6 Å². The van der Waals surface area contributed by atoms with E-state index in [4.69, 9.17) is 0 Å². The van der Waals surface area contributed by atoms with Gasteiger partial charge in [-0.25, -0.2) is 9.37 Å². The fourth-order valence-corrected chi connectivity index (χ4v) is 4.42. The Balaban J connectivity index is 1.46. The molecule has 0 aliphatic heterocycles. The summed E-state index contributed by atoms with van der Waals surface area (Å²) < 4.78 is 15.2. The summed E-state index contributed by atoms with van der Waals surface area (Å²) in [6.07, 6.45) is 2.46. The van der Waals surface area contributed by atoms with Crippen molar-refractivity contribution in [3.05, 3.63) is 47.0 Å². The number of thiazole rings is 1. The maximum absolute atomic E-state index is 13.0. The van der Waals surface area contributed by atoms with E-state index in [0.29, 0.717) is 5.92 Å². The lowest BCUT2D eigenvalue weighted by atomic mass is 10.2. The molecule has 3 aromatic rings. The standard InChI is InChI=1S/C17H17FN4S2/c1-2-22-15(11-3-4-11)20-21-17(22)24-10-14-9-23-16(19-14)12-5-7-13(18)8-6-12/h5-9,11H,2-4,10H2,1H3. The number of halogens is 1. The van der Waals surface area contributed by atoms with Crippen LogP contribution in [0.15, 0.2) is 34.8 Å². The molecule has 0 saturated heterocycles. The van der Waals surface area contributed by atoms with Gasteiger partial charge in [-0.15, -0.1) is 21.5 Å². The fourth-order valence-electron chi connectivity index (χ4n) is 2.58. The van der Waals surface area contributed by atoms with Gasteiger partial charge in [-0.2, -0.15) is 0 Å². The van der Waals surface area contributed by atoms with E-state index in [2.05, 4.69) is 32.1 Å². The Labute approximate surface area is 148 Å². The molecule has 0 amide bonds. The van der Waals surface area contributed by atoms with Gasteiger partial charge in [0.25, 0.3) is 0 Å². The molecule has 0 spiro atoms. The van der Waals surface area contributed by atoms with Crippen molar-refractivity contribution in [2.75, 3.05) is 0 Å². The molecule has 0 bridgehead atoms. The molecule has 1 aliphatic rings. The van der Waals surface area contributed by atoms with Crippen molar-refractivity contribution in [3.8, 4) is 10.6 Å². The van der Waals surface area contributed by atoms with Crippen molar-refractivity contribution in [1.29, 1.82) is 0 Å². The molecular weight excluding hydrogens is 343 g/mol. The normalized spacial score (nSPS) is 14.2. The van der Waals surface area contributed by atoms with Crippen LogP contribution in [-0.4, -0.2) is 19.7 Å². The van der Waals surface area contributed by atoms with E-state index < -0.39 is 0 Å². The second kappa shape index (κ2) is 6.64. The molecule has 1 fully saturated rings. The van der Waals surface area contributed by atoms with Gasteiger partial charge in [-0.1, -0.05) is 11.8 Å². The zero-order valence-electron chi connectivity index (χ0n) is 13.3. The van der Waals surface area contributed by atoms with E-state index in [1.54, 1.807) is 35.2 Å². The van der Waals surface area contributed by atoms with Crippen LogP contribution in [0.4, 0.5) is 4.39 Å². The molecule has 0 radical (unpaired) electrons. The van der Waals surface area contributed by atoms with Crippen LogP contribution in [-0.2, 0) is 12.3 Å². The third kappa shape index (κ3) is 3.23. The van der Waals surface area contributed by atoms with Gasteiger partial charge in [0.15, 0.2) is 5.16 Å². The molecular formula is C17H17FN4S2. The van der Waals surface area contributed by atoms with Crippen molar-refractivity contribution in [3.63, 3.8) is 0 Å². The van der Waals surface area contributed by atoms with Crippen molar-refractivity contribution in [1.82, 2.24) is 19.7 Å². The monoisotopic (exact) mass is 360 g/mol. The van der Waals surface area contributed by atoms with Gasteiger partial charge >= 0.3 is 0 Å². The Morgan fingerprint density at radius 2 is 2.04 bits per heavy atom. The van der Waals surface area contributed by atoms with E-state index in [-0.39, 0.29) is 5.82 Å². The van der Waals surface area contributed by atoms with Crippen molar-refractivity contribution < 1.29 is 4.39 Å². The Kier molecular flexibility index (Phi) is 4.37. The molecule has 24 heavy (non-hydrogen) atoms. The lowest BCUT2D eigenvalue weighted by Gasteiger charge is -2.05. The lowest BCUT2D eigenvalue weighted by Crippen LogP contribution is -2.02. The first-order valence-electron chi connectivity index (χ1n) is 8.01. The number of benzene rings is 1. The van der Waals surface area contributed by atoms with E-state index in [9.17, 15) is 4.39 Å². The summed E-state index contributed by atoms with van der Waals surface area (Å²) in [5, 5.41) is 12.7. The predicted molar refractivity (Wildman–Crippen MR) is 94.7 cm³/mol. The third-order valence-corrected chi connectivity index (χ3v) is 5.94. The molecule has 1 aliphatic carbocycles. The average Bonchev–Trinajstić information content (AvgIpc) is 3.19. The van der Waals surface area contributed by atoms with Crippen LogP contribution >= 0.6 is 23.1 Å². The highest BCUT2D eigenvalue weighted by Gasteiger charge is 2.29. The summed E-state index contributed by atoms with van der Waals surface area (Å²) in [6, 6.07) is 6.46. The van der Waals surface area contributed by atoms with Crippen LogP contribution in [0.1, 0.15) is 37.2 Å². The molecule has 0 unspecified atom stereocenters. The van der Waals surface area contributed by atoms with Gasteiger partial charge in [0.2, 0.25) is 0 Å². The van der Waals surface area contributed by atoms with E-state index >= 15 is 0 Å². The number of thioether (sulfide) groups is 1. The SMILES string of the molecule is CCn1c(SCc2csc(-c3ccc(F)cc3)n2)nnc1C1CC1. The second-order valence-electron chi connectivity index (χ2n) is 5.80. The molecule has 2 aromatic heterocycles. The Hall–Kier alpha value is -1.73. The highest BCUT2D eigenvalue weighted by molar-refractivity contribution is 7.98. The number of hydrogen-bond acceptors (Lipinski definition) is 5. The van der Waals surface area contributed by atoms with Crippen LogP contribution in [0.2, 0.25) is 0 Å². The minimum atomic E-state index is -0.226. The summed E-state index contributed by atoms with van der Waals surface area (Å²) in [5.74, 6) is 2.28. The molecule has 1 saturated carbocycles. The minimum Gasteiger partial charge on any atom is -0.306 e. The maximum atomic E-state index is 13.0. The lowest BCUT2D eigenvalue weighted by molar-refractivity contribution is 0.628. The van der Waals surface area contributed by atoms with Crippen LogP contribution < -0.4 is 0 Å². The first-order valence-corrected chi connectivity index (χ1v) is 9.87. The summed E-state index contributed by atoms with van der Waals surface area (Å²) in [5.41, 5.74) is 1.97. The highest BCUT2D eigenvalue weighted by atomic mass is 32.2. The second-order valence-corrected chi connectivity index (χ2v) is 7.60. The van der Waals surface area contributed by atoms with E-state index in [0.717, 1.165) is 39.5 Å². The minimum absolute atomic E-state index is 0.226. The summed E-state index contributed by atoms with van der Waals surface area (Å²) in [4.78, 5) is 4.65. The molecule has 4 nitrogen and oxygen atoms in total. The predicted octanol–water partition coefficient (Wildman–Crippen LogP) is 4.73. The van der Waals surface area contributed by atoms with Crippen molar-refractivity contribution in [2.24, 2.45) is 0 Å². The first kappa shape index (κ1) is 15.8. The van der Waals surface area contributed by atoms with Crippen LogP contribution in [0, 0.1) is 5.82 Å². The van der Waals surface area contributed by atoms with Gasteiger partial charge in [0.1, 0.15) is 16.6 Å². The number of aromatic nitrogens is 4. The molecule has 124 valence electrons. The van der Waals surface area contributed by atoms with Gasteiger partial charge in [0.05, 0.1) is 5.69 Å². The van der Waals surface area contributed by atoms with Crippen LogP contribution in [0.3, 0.4) is 0 Å². The van der Waals surface area contributed by atoms with Gasteiger partial charge in [-0.3, -0.25) is 0 Å². The molecule has 2 heterocycles. The smallest absolute Gasteiger partial charge is 0.191 e. The first-order chi connectivity index (χ1) is 11.7. The molecule has 1 aromatic carbocycles. The summed E-state index contributed by atoms with van der Waals surface area (Å²) in [6.45, 7) is 3.04. The molecule has 7 heteroatoms.